The first-order valence-electron chi connectivity index (χ1n) is 4.77. The number of aromatic nitrogens is 3. The normalized spacial score (nSPS) is 21.6. The quantitative estimate of drug-likeness (QED) is 0.666. The van der Waals surface area contributed by atoms with Crippen LogP contribution in [0.5, 0.6) is 0 Å². The molecule has 0 radical (unpaired) electrons. The second-order valence-electron chi connectivity index (χ2n) is 3.67. The molecule has 0 saturated carbocycles. The van der Waals surface area contributed by atoms with Gasteiger partial charge in [0.05, 0.1) is 0 Å². The van der Waals surface area contributed by atoms with Gasteiger partial charge in [-0.2, -0.15) is 5.10 Å². The maximum absolute atomic E-state index is 11.0. The lowest BCUT2D eigenvalue weighted by Crippen LogP contribution is -2.12. The van der Waals surface area contributed by atoms with Crippen molar-refractivity contribution in [3.8, 4) is 0 Å². The number of cyclic esters (lactones) is 1. The Bertz CT molecular complexity index is 346. The molecular formula is C9H13N3O2. The summed E-state index contributed by atoms with van der Waals surface area (Å²) in [5.74, 6) is 0.610. The lowest BCUT2D eigenvalue weighted by Gasteiger charge is -2.12. The molecule has 2 rings (SSSR count). The summed E-state index contributed by atoms with van der Waals surface area (Å²) in [7, 11) is 0. The highest BCUT2D eigenvalue weighted by molar-refractivity contribution is 5.71. The van der Waals surface area contributed by atoms with E-state index in [1.807, 2.05) is 13.8 Å². The molecule has 1 fully saturated rings. The highest BCUT2D eigenvalue weighted by Gasteiger charge is 2.29. The molecule has 5 heteroatoms. The van der Waals surface area contributed by atoms with Crippen LogP contribution in [0.4, 0.5) is 0 Å². The lowest BCUT2D eigenvalue weighted by atomic mass is 10.2. The molecule has 76 valence electrons. The van der Waals surface area contributed by atoms with Crippen molar-refractivity contribution in [1.82, 2.24) is 14.8 Å². The van der Waals surface area contributed by atoms with Crippen LogP contribution in [0, 0.1) is 0 Å². The van der Waals surface area contributed by atoms with Crippen LogP contribution < -0.4 is 0 Å². The maximum atomic E-state index is 11.0. The fourth-order valence-electron chi connectivity index (χ4n) is 1.59. The van der Waals surface area contributed by atoms with E-state index >= 15 is 0 Å². The van der Waals surface area contributed by atoms with Crippen molar-refractivity contribution in [3.63, 3.8) is 0 Å². The average molecular weight is 195 g/mol. The SMILES string of the molecule is CC(C)n1ncnc1C1CCC(=O)O1. The van der Waals surface area contributed by atoms with Gasteiger partial charge in [-0.3, -0.25) is 4.79 Å². The van der Waals surface area contributed by atoms with Crippen molar-refractivity contribution in [2.75, 3.05) is 0 Å². The Balaban J connectivity index is 2.23. The van der Waals surface area contributed by atoms with E-state index in [1.54, 1.807) is 4.68 Å². The van der Waals surface area contributed by atoms with E-state index in [-0.39, 0.29) is 18.1 Å². The van der Waals surface area contributed by atoms with Gasteiger partial charge in [0.15, 0.2) is 11.9 Å². The monoisotopic (exact) mass is 195 g/mol. The lowest BCUT2D eigenvalue weighted by molar-refractivity contribution is -0.142. The Kier molecular flexibility index (Phi) is 2.23. The number of rotatable bonds is 2. The Morgan fingerprint density at radius 3 is 3.00 bits per heavy atom. The molecule has 1 unspecified atom stereocenters. The van der Waals surface area contributed by atoms with Crippen molar-refractivity contribution in [3.05, 3.63) is 12.2 Å². The molecule has 2 heterocycles. The van der Waals surface area contributed by atoms with Gasteiger partial charge < -0.3 is 4.74 Å². The van der Waals surface area contributed by atoms with E-state index in [1.165, 1.54) is 6.33 Å². The third-order valence-electron chi connectivity index (χ3n) is 2.26. The van der Waals surface area contributed by atoms with Crippen LogP contribution in [-0.4, -0.2) is 20.7 Å². The summed E-state index contributed by atoms with van der Waals surface area (Å²) < 4.78 is 6.93. The molecule has 1 aliphatic rings. The summed E-state index contributed by atoms with van der Waals surface area (Å²) in [5.41, 5.74) is 0. The summed E-state index contributed by atoms with van der Waals surface area (Å²) in [4.78, 5) is 15.1. The number of carbonyl (C=O) groups excluding carboxylic acids is 1. The van der Waals surface area contributed by atoms with Gasteiger partial charge in [-0.25, -0.2) is 9.67 Å². The topological polar surface area (TPSA) is 57.0 Å². The van der Waals surface area contributed by atoms with Crippen LogP contribution in [0.15, 0.2) is 6.33 Å². The van der Waals surface area contributed by atoms with Crippen LogP contribution in [0.1, 0.15) is 44.7 Å². The zero-order chi connectivity index (χ0) is 10.1. The highest BCUT2D eigenvalue weighted by Crippen LogP contribution is 2.28. The van der Waals surface area contributed by atoms with Gasteiger partial charge in [-0.05, 0) is 13.8 Å². The van der Waals surface area contributed by atoms with E-state index in [0.29, 0.717) is 12.8 Å². The summed E-state index contributed by atoms with van der Waals surface area (Å²) in [6.07, 6.45) is 2.49. The Labute approximate surface area is 82.1 Å². The summed E-state index contributed by atoms with van der Waals surface area (Å²) >= 11 is 0. The average Bonchev–Trinajstić information content (AvgIpc) is 2.70. The molecule has 0 aromatic carbocycles. The Morgan fingerprint density at radius 1 is 1.64 bits per heavy atom. The molecule has 0 spiro atoms. The number of ether oxygens (including phenoxy) is 1. The molecule has 1 aromatic rings. The Morgan fingerprint density at radius 2 is 2.43 bits per heavy atom. The van der Waals surface area contributed by atoms with Gasteiger partial charge in [-0.15, -0.1) is 0 Å². The first-order valence-corrected chi connectivity index (χ1v) is 4.77. The summed E-state index contributed by atoms with van der Waals surface area (Å²) in [5, 5.41) is 4.10. The van der Waals surface area contributed by atoms with Crippen LogP contribution in [0.25, 0.3) is 0 Å². The number of esters is 1. The molecule has 1 aromatic heterocycles. The van der Waals surface area contributed by atoms with Crippen molar-refractivity contribution in [2.45, 2.75) is 38.8 Å². The molecule has 1 saturated heterocycles. The van der Waals surface area contributed by atoms with Gasteiger partial charge >= 0.3 is 5.97 Å². The predicted molar refractivity (Wildman–Crippen MR) is 48.5 cm³/mol. The third kappa shape index (κ3) is 1.49. The first-order chi connectivity index (χ1) is 6.68. The second kappa shape index (κ2) is 3.40. The molecule has 0 bridgehead atoms. The van der Waals surface area contributed by atoms with Crippen molar-refractivity contribution >= 4 is 5.97 Å². The molecule has 0 N–H and O–H groups in total. The molecule has 0 aliphatic carbocycles. The largest absolute Gasteiger partial charge is 0.454 e. The van der Waals surface area contributed by atoms with Gasteiger partial charge in [-0.1, -0.05) is 0 Å². The number of hydrogen-bond donors (Lipinski definition) is 0. The smallest absolute Gasteiger partial charge is 0.306 e. The molecular weight excluding hydrogens is 182 g/mol. The fraction of sp³-hybridized carbons (Fsp3) is 0.667. The minimum absolute atomic E-state index is 0.145. The molecule has 1 atom stereocenters. The van der Waals surface area contributed by atoms with E-state index in [4.69, 9.17) is 4.74 Å². The predicted octanol–water partition coefficient (Wildman–Crippen LogP) is 1.24. The van der Waals surface area contributed by atoms with Gasteiger partial charge in [0.2, 0.25) is 0 Å². The molecule has 14 heavy (non-hydrogen) atoms. The molecule has 0 amide bonds. The van der Waals surface area contributed by atoms with Gasteiger partial charge in [0.1, 0.15) is 6.33 Å². The number of hydrogen-bond acceptors (Lipinski definition) is 4. The van der Waals surface area contributed by atoms with Crippen LogP contribution in [0.2, 0.25) is 0 Å². The van der Waals surface area contributed by atoms with E-state index in [9.17, 15) is 4.79 Å². The minimum Gasteiger partial charge on any atom is -0.454 e. The van der Waals surface area contributed by atoms with Crippen molar-refractivity contribution < 1.29 is 9.53 Å². The maximum Gasteiger partial charge on any atom is 0.306 e. The summed E-state index contributed by atoms with van der Waals surface area (Å²) in [6, 6.07) is 0.242. The summed E-state index contributed by atoms with van der Waals surface area (Å²) in [6.45, 7) is 4.05. The van der Waals surface area contributed by atoms with Gasteiger partial charge in [0, 0.05) is 18.9 Å². The van der Waals surface area contributed by atoms with Crippen LogP contribution in [0.3, 0.4) is 0 Å². The minimum atomic E-state index is -0.201. The van der Waals surface area contributed by atoms with Crippen molar-refractivity contribution in [1.29, 1.82) is 0 Å². The zero-order valence-corrected chi connectivity index (χ0v) is 8.30. The standard InChI is InChI=1S/C9H13N3O2/c1-6(2)12-9(10-5-11-12)7-3-4-8(13)14-7/h5-7H,3-4H2,1-2H3. The first kappa shape index (κ1) is 9.18. The molecule has 1 aliphatic heterocycles. The fourth-order valence-corrected chi connectivity index (χ4v) is 1.59. The molecule has 5 nitrogen and oxygen atoms in total. The number of nitrogens with zero attached hydrogens (tertiary/aromatic N) is 3. The number of carbonyl (C=O) groups is 1. The zero-order valence-electron chi connectivity index (χ0n) is 8.30. The second-order valence-corrected chi connectivity index (χ2v) is 3.67. The Hall–Kier alpha value is -1.39. The van der Waals surface area contributed by atoms with E-state index in [2.05, 4.69) is 10.1 Å². The van der Waals surface area contributed by atoms with Crippen molar-refractivity contribution in [2.24, 2.45) is 0 Å². The van der Waals surface area contributed by atoms with Crippen LogP contribution in [-0.2, 0) is 9.53 Å². The van der Waals surface area contributed by atoms with E-state index in [0.717, 1.165) is 5.82 Å². The third-order valence-corrected chi connectivity index (χ3v) is 2.26. The highest BCUT2D eigenvalue weighted by atomic mass is 16.5. The van der Waals surface area contributed by atoms with Crippen LogP contribution >= 0.6 is 0 Å². The van der Waals surface area contributed by atoms with Gasteiger partial charge in [0.25, 0.3) is 0 Å². The van der Waals surface area contributed by atoms with E-state index < -0.39 is 0 Å².